The summed E-state index contributed by atoms with van der Waals surface area (Å²) in [5, 5.41) is 4.29. The number of hydrogen-bond acceptors (Lipinski definition) is 7. The number of para-hydroxylation sites is 1. The number of fused-ring (bicyclic) bond motifs is 3. The SMILES string of the molecule is COC(=O)c1nn2c(=O)n(C(C)=O)c3ccccc3c2c1C(=O)OC. The molecule has 0 saturated carbocycles. The Balaban J connectivity index is 2.65. The molecule has 3 aromatic rings. The van der Waals surface area contributed by atoms with Crippen LogP contribution in [0.15, 0.2) is 29.1 Å². The summed E-state index contributed by atoms with van der Waals surface area (Å²) in [6, 6.07) is 6.49. The Morgan fingerprint density at radius 1 is 1.04 bits per heavy atom. The number of methoxy groups -OCH3 is 2. The third-order valence-corrected chi connectivity index (χ3v) is 3.74. The van der Waals surface area contributed by atoms with E-state index in [9.17, 15) is 19.2 Å². The van der Waals surface area contributed by atoms with Gasteiger partial charge in [0.05, 0.1) is 25.3 Å². The van der Waals surface area contributed by atoms with E-state index in [2.05, 4.69) is 9.84 Å². The Morgan fingerprint density at radius 3 is 2.28 bits per heavy atom. The Bertz CT molecular complexity index is 1110. The van der Waals surface area contributed by atoms with Gasteiger partial charge in [-0.2, -0.15) is 9.61 Å². The summed E-state index contributed by atoms with van der Waals surface area (Å²) in [7, 11) is 2.27. The normalized spacial score (nSPS) is 10.8. The molecule has 128 valence electrons. The number of benzene rings is 1. The molecular weight excluding hydrogens is 330 g/mol. The van der Waals surface area contributed by atoms with Gasteiger partial charge in [0.25, 0.3) is 0 Å². The summed E-state index contributed by atoms with van der Waals surface area (Å²) in [6.45, 7) is 1.23. The van der Waals surface area contributed by atoms with Crippen molar-refractivity contribution in [2.45, 2.75) is 6.92 Å². The van der Waals surface area contributed by atoms with Crippen molar-refractivity contribution in [3.05, 3.63) is 46.0 Å². The van der Waals surface area contributed by atoms with Gasteiger partial charge >= 0.3 is 17.6 Å². The van der Waals surface area contributed by atoms with Gasteiger partial charge in [-0.15, -0.1) is 0 Å². The molecule has 9 nitrogen and oxygen atoms in total. The fraction of sp³-hybridized carbons (Fsp3) is 0.188. The third-order valence-electron chi connectivity index (χ3n) is 3.74. The van der Waals surface area contributed by atoms with E-state index < -0.39 is 23.5 Å². The van der Waals surface area contributed by atoms with E-state index in [-0.39, 0.29) is 22.3 Å². The fourth-order valence-corrected chi connectivity index (χ4v) is 2.71. The Morgan fingerprint density at radius 2 is 1.68 bits per heavy atom. The quantitative estimate of drug-likeness (QED) is 0.635. The van der Waals surface area contributed by atoms with E-state index in [1.54, 1.807) is 24.3 Å². The number of hydrogen-bond donors (Lipinski definition) is 0. The van der Waals surface area contributed by atoms with Gasteiger partial charge in [-0.3, -0.25) is 4.79 Å². The lowest BCUT2D eigenvalue weighted by molar-refractivity contribution is 0.0553. The molecule has 25 heavy (non-hydrogen) atoms. The van der Waals surface area contributed by atoms with Gasteiger partial charge < -0.3 is 9.47 Å². The zero-order valence-electron chi connectivity index (χ0n) is 13.6. The van der Waals surface area contributed by atoms with Crippen LogP contribution in [0.1, 0.15) is 32.6 Å². The topological polar surface area (TPSA) is 109 Å². The second kappa shape index (κ2) is 5.86. The molecule has 0 unspecified atom stereocenters. The Kier molecular flexibility index (Phi) is 3.84. The second-order valence-corrected chi connectivity index (χ2v) is 5.12. The Hall–Kier alpha value is -3.49. The van der Waals surface area contributed by atoms with Gasteiger partial charge in [0.15, 0.2) is 5.69 Å². The molecule has 0 radical (unpaired) electrons. The second-order valence-electron chi connectivity index (χ2n) is 5.12. The molecular formula is C16H13N3O6. The molecule has 0 atom stereocenters. The van der Waals surface area contributed by atoms with E-state index in [0.717, 1.165) is 23.3 Å². The average Bonchev–Trinajstić information content (AvgIpc) is 3.01. The molecule has 1 aromatic carbocycles. The summed E-state index contributed by atoms with van der Waals surface area (Å²) in [4.78, 5) is 48.9. The van der Waals surface area contributed by atoms with Crippen LogP contribution in [-0.2, 0) is 9.47 Å². The first-order chi connectivity index (χ1) is 11.9. The number of rotatable bonds is 2. The maximum absolute atomic E-state index is 12.7. The van der Waals surface area contributed by atoms with Crippen molar-refractivity contribution in [3.8, 4) is 0 Å². The molecule has 9 heteroatoms. The molecule has 2 heterocycles. The standard InChI is InChI=1S/C16H13N3O6/c1-8(20)18-10-7-5-4-6-9(10)13-11(14(21)24-2)12(15(22)25-3)17-19(13)16(18)23/h4-7H,1-3H3. The lowest BCUT2D eigenvalue weighted by Crippen LogP contribution is -2.31. The number of carbonyl (C=O) groups excluding carboxylic acids is 3. The summed E-state index contributed by atoms with van der Waals surface area (Å²) < 4.78 is 11.1. The minimum absolute atomic E-state index is 0.0744. The fourth-order valence-electron chi connectivity index (χ4n) is 2.71. The van der Waals surface area contributed by atoms with Crippen molar-refractivity contribution < 1.29 is 23.9 Å². The molecule has 2 aromatic heterocycles. The van der Waals surface area contributed by atoms with Gasteiger partial charge in [0.2, 0.25) is 5.91 Å². The van der Waals surface area contributed by atoms with Crippen LogP contribution >= 0.6 is 0 Å². The van der Waals surface area contributed by atoms with Gasteiger partial charge in [-0.05, 0) is 6.07 Å². The molecule has 0 saturated heterocycles. The highest BCUT2D eigenvalue weighted by Gasteiger charge is 2.29. The first-order valence-corrected chi connectivity index (χ1v) is 7.16. The molecule has 0 aliphatic carbocycles. The minimum Gasteiger partial charge on any atom is -0.465 e. The molecule has 0 bridgehead atoms. The van der Waals surface area contributed by atoms with Crippen molar-refractivity contribution >= 4 is 34.3 Å². The number of ether oxygens (including phenoxy) is 2. The van der Waals surface area contributed by atoms with Gasteiger partial charge in [0.1, 0.15) is 5.56 Å². The number of aromatic nitrogens is 3. The average molecular weight is 343 g/mol. The lowest BCUT2D eigenvalue weighted by Gasteiger charge is -2.08. The third kappa shape index (κ3) is 2.28. The first-order valence-electron chi connectivity index (χ1n) is 7.16. The molecule has 0 spiro atoms. The summed E-state index contributed by atoms with van der Waals surface area (Å²) in [6.07, 6.45) is 0. The highest BCUT2D eigenvalue weighted by Crippen LogP contribution is 2.25. The molecule has 0 amide bonds. The van der Waals surface area contributed by atoms with Gasteiger partial charge in [0, 0.05) is 12.3 Å². The zero-order chi connectivity index (χ0) is 18.3. The van der Waals surface area contributed by atoms with Crippen molar-refractivity contribution in [2.75, 3.05) is 14.2 Å². The molecule has 0 fully saturated rings. The monoisotopic (exact) mass is 343 g/mol. The lowest BCUT2D eigenvalue weighted by atomic mass is 10.1. The van der Waals surface area contributed by atoms with Gasteiger partial charge in [-0.1, -0.05) is 18.2 Å². The minimum atomic E-state index is -0.901. The van der Waals surface area contributed by atoms with Crippen LogP contribution in [0.2, 0.25) is 0 Å². The van der Waals surface area contributed by atoms with E-state index in [1.165, 1.54) is 6.92 Å². The van der Waals surface area contributed by atoms with Crippen molar-refractivity contribution in [1.82, 2.24) is 14.2 Å². The van der Waals surface area contributed by atoms with Crippen molar-refractivity contribution in [3.63, 3.8) is 0 Å². The highest BCUT2D eigenvalue weighted by molar-refractivity contribution is 6.13. The van der Waals surface area contributed by atoms with Crippen LogP contribution in [-0.4, -0.2) is 46.2 Å². The summed E-state index contributed by atoms with van der Waals surface area (Å²) >= 11 is 0. The molecule has 0 aliphatic rings. The van der Waals surface area contributed by atoms with Crippen LogP contribution in [0.4, 0.5) is 0 Å². The largest absolute Gasteiger partial charge is 0.465 e. The number of carbonyl (C=O) groups is 3. The van der Waals surface area contributed by atoms with E-state index in [0.29, 0.717) is 5.39 Å². The number of nitrogens with zero attached hydrogens (tertiary/aromatic N) is 3. The van der Waals surface area contributed by atoms with Crippen LogP contribution < -0.4 is 5.69 Å². The van der Waals surface area contributed by atoms with E-state index in [4.69, 9.17) is 4.74 Å². The maximum atomic E-state index is 12.7. The summed E-state index contributed by atoms with van der Waals surface area (Å²) in [5.41, 5.74) is -1.00. The molecule has 0 N–H and O–H groups in total. The maximum Gasteiger partial charge on any atom is 0.359 e. The van der Waals surface area contributed by atoms with Gasteiger partial charge in [-0.25, -0.2) is 19.0 Å². The van der Waals surface area contributed by atoms with Crippen molar-refractivity contribution in [1.29, 1.82) is 0 Å². The predicted molar refractivity (Wildman–Crippen MR) is 85.9 cm³/mol. The van der Waals surface area contributed by atoms with Crippen LogP contribution in [0.25, 0.3) is 16.4 Å². The van der Waals surface area contributed by atoms with Crippen LogP contribution in [0, 0.1) is 0 Å². The van der Waals surface area contributed by atoms with Crippen LogP contribution in [0.5, 0.6) is 0 Å². The number of esters is 2. The Labute approximate surface area is 140 Å². The van der Waals surface area contributed by atoms with Crippen LogP contribution in [0.3, 0.4) is 0 Å². The predicted octanol–water partition coefficient (Wildman–Crippen LogP) is 0.882. The van der Waals surface area contributed by atoms with Crippen molar-refractivity contribution in [2.24, 2.45) is 0 Å². The van der Waals surface area contributed by atoms with E-state index >= 15 is 0 Å². The molecule has 0 aliphatic heterocycles. The first kappa shape index (κ1) is 16.4. The molecule has 3 rings (SSSR count). The van der Waals surface area contributed by atoms with E-state index in [1.807, 2.05) is 0 Å². The summed E-state index contributed by atoms with van der Waals surface area (Å²) in [5.74, 6) is -2.28. The highest BCUT2D eigenvalue weighted by atomic mass is 16.5. The zero-order valence-corrected chi connectivity index (χ0v) is 13.6. The smallest absolute Gasteiger partial charge is 0.359 e.